The molecule has 2 rings (SSSR count). The first kappa shape index (κ1) is 16.7. The number of carbonyl (C=O) groups is 1. The zero-order valence-electron chi connectivity index (χ0n) is 13.2. The molecule has 0 atom stereocenters. The molecule has 1 amide bonds. The van der Waals surface area contributed by atoms with Crippen LogP contribution in [0.3, 0.4) is 0 Å². The molecule has 0 heterocycles. The Morgan fingerprint density at radius 2 is 1.65 bits per heavy atom. The van der Waals surface area contributed by atoms with Crippen LogP contribution in [0.15, 0.2) is 54.6 Å². The number of hydrogen-bond acceptors (Lipinski definition) is 4. The third-order valence-electron chi connectivity index (χ3n) is 3.03. The molecule has 2 aromatic carbocycles. The summed E-state index contributed by atoms with van der Waals surface area (Å²) in [7, 11) is 0. The Kier molecular flexibility index (Phi) is 6.78. The van der Waals surface area contributed by atoms with E-state index in [2.05, 4.69) is 10.6 Å². The van der Waals surface area contributed by atoms with Gasteiger partial charge in [-0.25, -0.2) is 0 Å². The number of amides is 1. The van der Waals surface area contributed by atoms with Crippen molar-refractivity contribution in [2.75, 3.05) is 31.6 Å². The maximum atomic E-state index is 11.4. The number of para-hydroxylation sites is 1. The molecule has 0 aliphatic rings. The average molecular weight is 314 g/mol. The topological polar surface area (TPSA) is 59.6 Å². The quantitative estimate of drug-likeness (QED) is 0.699. The van der Waals surface area contributed by atoms with E-state index in [0.717, 1.165) is 17.2 Å². The lowest BCUT2D eigenvalue weighted by atomic mass is 10.3. The first-order chi connectivity index (χ1) is 11.3. The number of rotatable bonds is 9. The zero-order chi connectivity index (χ0) is 16.3. The predicted molar refractivity (Wildman–Crippen MR) is 91.0 cm³/mol. The average Bonchev–Trinajstić information content (AvgIpc) is 2.59. The molecule has 122 valence electrons. The van der Waals surface area contributed by atoms with E-state index in [9.17, 15) is 4.79 Å². The van der Waals surface area contributed by atoms with Crippen molar-refractivity contribution in [2.45, 2.75) is 6.92 Å². The van der Waals surface area contributed by atoms with Crippen LogP contribution in [0.4, 0.5) is 5.69 Å². The molecule has 5 nitrogen and oxygen atoms in total. The lowest BCUT2D eigenvalue weighted by Gasteiger charge is -2.10. The van der Waals surface area contributed by atoms with Crippen molar-refractivity contribution in [3.05, 3.63) is 54.6 Å². The molecule has 0 spiro atoms. The highest BCUT2D eigenvalue weighted by molar-refractivity contribution is 5.80. The van der Waals surface area contributed by atoms with Gasteiger partial charge in [-0.1, -0.05) is 24.3 Å². The molecule has 0 saturated heterocycles. The van der Waals surface area contributed by atoms with Gasteiger partial charge in [0.1, 0.15) is 24.7 Å². The minimum atomic E-state index is -0.0323. The van der Waals surface area contributed by atoms with Crippen LogP contribution in [-0.4, -0.2) is 32.2 Å². The highest BCUT2D eigenvalue weighted by Gasteiger charge is 2.01. The fourth-order valence-electron chi connectivity index (χ4n) is 1.97. The molecule has 0 aliphatic carbocycles. The lowest BCUT2D eigenvalue weighted by Crippen LogP contribution is -2.29. The van der Waals surface area contributed by atoms with Gasteiger partial charge in [-0.05, 0) is 31.2 Å². The standard InChI is InChI=1S/C18H22N2O3/c1-2-19-18(21)14-20-15-7-6-10-17(13-15)23-12-11-22-16-8-4-3-5-9-16/h3-10,13,20H,2,11-12,14H2,1H3,(H,19,21). The summed E-state index contributed by atoms with van der Waals surface area (Å²) in [5.74, 6) is 1.53. The number of benzene rings is 2. The number of nitrogens with one attached hydrogen (secondary N) is 2. The van der Waals surface area contributed by atoms with Crippen LogP contribution in [0.5, 0.6) is 11.5 Å². The largest absolute Gasteiger partial charge is 0.490 e. The van der Waals surface area contributed by atoms with Crippen molar-refractivity contribution in [1.82, 2.24) is 5.32 Å². The maximum Gasteiger partial charge on any atom is 0.239 e. The molecule has 2 N–H and O–H groups in total. The molecule has 0 unspecified atom stereocenters. The van der Waals surface area contributed by atoms with E-state index in [-0.39, 0.29) is 12.5 Å². The number of likely N-dealkylation sites (N-methyl/N-ethyl adjacent to an activating group) is 1. The first-order valence-electron chi connectivity index (χ1n) is 7.69. The molecule has 0 bridgehead atoms. The summed E-state index contributed by atoms with van der Waals surface area (Å²) in [5.41, 5.74) is 0.845. The SMILES string of the molecule is CCNC(=O)CNc1cccc(OCCOc2ccccc2)c1. The number of carbonyl (C=O) groups excluding carboxylic acids is 1. The Hall–Kier alpha value is -2.69. The van der Waals surface area contributed by atoms with Crippen molar-refractivity contribution in [3.8, 4) is 11.5 Å². The summed E-state index contributed by atoms with van der Waals surface area (Å²) in [6.07, 6.45) is 0. The van der Waals surface area contributed by atoms with E-state index in [1.54, 1.807) is 0 Å². The molecule has 5 heteroatoms. The van der Waals surface area contributed by atoms with Gasteiger partial charge in [-0.3, -0.25) is 4.79 Å². The molecule has 0 aliphatic heterocycles. The van der Waals surface area contributed by atoms with Gasteiger partial charge in [0, 0.05) is 18.3 Å². The maximum absolute atomic E-state index is 11.4. The van der Waals surface area contributed by atoms with E-state index >= 15 is 0 Å². The number of hydrogen-bond donors (Lipinski definition) is 2. The Bertz CT molecular complexity index is 602. The van der Waals surface area contributed by atoms with Crippen molar-refractivity contribution >= 4 is 11.6 Å². The second-order valence-corrected chi connectivity index (χ2v) is 4.84. The van der Waals surface area contributed by atoms with Crippen LogP contribution >= 0.6 is 0 Å². The van der Waals surface area contributed by atoms with Gasteiger partial charge < -0.3 is 20.1 Å². The molecule has 0 fully saturated rings. The predicted octanol–water partition coefficient (Wildman–Crippen LogP) is 2.69. The molecule has 0 saturated carbocycles. The summed E-state index contributed by atoms with van der Waals surface area (Å²) in [4.78, 5) is 11.4. The minimum absolute atomic E-state index is 0.0323. The van der Waals surface area contributed by atoms with Crippen molar-refractivity contribution in [2.24, 2.45) is 0 Å². The van der Waals surface area contributed by atoms with E-state index in [1.807, 2.05) is 61.5 Å². The summed E-state index contributed by atoms with van der Waals surface area (Å²) in [6.45, 7) is 3.69. The fourth-order valence-corrected chi connectivity index (χ4v) is 1.97. The minimum Gasteiger partial charge on any atom is -0.490 e. The fraction of sp³-hybridized carbons (Fsp3) is 0.278. The second-order valence-electron chi connectivity index (χ2n) is 4.84. The molecule has 0 radical (unpaired) electrons. The van der Waals surface area contributed by atoms with Gasteiger partial charge in [0.2, 0.25) is 5.91 Å². The molecule has 23 heavy (non-hydrogen) atoms. The van der Waals surface area contributed by atoms with Gasteiger partial charge in [-0.2, -0.15) is 0 Å². The van der Waals surface area contributed by atoms with Crippen LogP contribution < -0.4 is 20.1 Å². The van der Waals surface area contributed by atoms with Gasteiger partial charge in [-0.15, -0.1) is 0 Å². The summed E-state index contributed by atoms with van der Waals surface area (Å²) >= 11 is 0. The van der Waals surface area contributed by atoms with Gasteiger partial charge in [0.25, 0.3) is 0 Å². The zero-order valence-corrected chi connectivity index (χ0v) is 13.2. The third-order valence-corrected chi connectivity index (χ3v) is 3.03. The Morgan fingerprint density at radius 3 is 2.39 bits per heavy atom. The van der Waals surface area contributed by atoms with Crippen molar-refractivity contribution in [3.63, 3.8) is 0 Å². The normalized spacial score (nSPS) is 9.96. The summed E-state index contributed by atoms with van der Waals surface area (Å²) in [5, 5.41) is 5.80. The Labute approximate surface area is 136 Å². The van der Waals surface area contributed by atoms with Crippen LogP contribution in [0.2, 0.25) is 0 Å². The third kappa shape index (κ3) is 6.30. The van der Waals surface area contributed by atoms with Crippen LogP contribution in [-0.2, 0) is 4.79 Å². The Morgan fingerprint density at radius 1 is 0.957 bits per heavy atom. The monoisotopic (exact) mass is 314 g/mol. The van der Waals surface area contributed by atoms with Crippen LogP contribution in [0.1, 0.15) is 6.92 Å². The van der Waals surface area contributed by atoms with Gasteiger partial charge in [0.15, 0.2) is 0 Å². The van der Waals surface area contributed by atoms with Gasteiger partial charge in [0.05, 0.1) is 6.54 Å². The van der Waals surface area contributed by atoms with Crippen molar-refractivity contribution < 1.29 is 14.3 Å². The van der Waals surface area contributed by atoms with Gasteiger partial charge >= 0.3 is 0 Å². The molecular weight excluding hydrogens is 292 g/mol. The number of ether oxygens (including phenoxy) is 2. The summed E-state index contributed by atoms with van der Waals surface area (Å²) in [6, 6.07) is 17.1. The lowest BCUT2D eigenvalue weighted by molar-refractivity contribution is -0.119. The Balaban J connectivity index is 1.73. The van der Waals surface area contributed by atoms with E-state index in [0.29, 0.717) is 19.8 Å². The van der Waals surface area contributed by atoms with Crippen molar-refractivity contribution in [1.29, 1.82) is 0 Å². The summed E-state index contributed by atoms with van der Waals surface area (Å²) < 4.78 is 11.2. The van der Waals surface area contributed by atoms with E-state index < -0.39 is 0 Å². The highest BCUT2D eigenvalue weighted by Crippen LogP contribution is 2.17. The molecule has 2 aromatic rings. The first-order valence-corrected chi connectivity index (χ1v) is 7.69. The van der Waals surface area contributed by atoms with Crippen LogP contribution in [0.25, 0.3) is 0 Å². The molecule has 0 aromatic heterocycles. The van der Waals surface area contributed by atoms with E-state index in [1.165, 1.54) is 0 Å². The number of anilines is 1. The van der Waals surface area contributed by atoms with E-state index in [4.69, 9.17) is 9.47 Å². The molecular formula is C18H22N2O3. The van der Waals surface area contributed by atoms with Crippen LogP contribution in [0, 0.1) is 0 Å². The smallest absolute Gasteiger partial charge is 0.239 e. The second kappa shape index (κ2) is 9.35. The highest BCUT2D eigenvalue weighted by atomic mass is 16.5.